The van der Waals surface area contributed by atoms with Gasteiger partial charge in [0, 0.05) is 41.1 Å². The van der Waals surface area contributed by atoms with Crippen molar-refractivity contribution >= 4 is 34.5 Å². The van der Waals surface area contributed by atoms with Crippen molar-refractivity contribution in [1.82, 2.24) is 4.98 Å². The van der Waals surface area contributed by atoms with Gasteiger partial charge in [-0.15, -0.1) is 0 Å². The summed E-state index contributed by atoms with van der Waals surface area (Å²) in [6, 6.07) is 7.65. The van der Waals surface area contributed by atoms with Gasteiger partial charge in [0.05, 0.1) is 43.6 Å². The Hall–Kier alpha value is -4.45. The number of carbonyl (C=O) groups is 3. The molecule has 2 fully saturated rings. The number of rotatable bonds is 9. The van der Waals surface area contributed by atoms with E-state index in [1.54, 1.807) is 13.8 Å². The number of aromatic nitrogens is 1. The van der Waals surface area contributed by atoms with Crippen LogP contribution in [0.4, 0.5) is 0 Å². The Kier molecular flexibility index (Phi) is 9.08. The zero-order valence-electron chi connectivity index (χ0n) is 28.5. The topological polar surface area (TPSA) is 165 Å². The number of H-pyrrole nitrogens is 1. The molecular weight excluding hydrogens is 642 g/mol. The number of aromatic amines is 1. The molecule has 264 valence electrons. The maximum Gasteiger partial charge on any atom is 0.375 e. The molecule has 2 aliphatic heterocycles. The summed E-state index contributed by atoms with van der Waals surface area (Å²) in [6.45, 7) is 2.49. The molecule has 3 aromatic rings. The van der Waals surface area contributed by atoms with E-state index >= 15 is 0 Å². The summed E-state index contributed by atoms with van der Waals surface area (Å²) in [6.07, 6.45) is 6.10. The van der Waals surface area contributed by atoms with Gasteiger partial charge in [-0.1, -0.05) is 24.5 Å². The number of ketones is 1. The molecule has 0 saturated heterocycles. The van der Waals surface area contributed by atoms with Crippen LogP contribution in [0.3, 0.4) is 0 Å². The molecule has 0 spiro atoms. The summed E-state index contributed by atoms with van der Waals surface area (Å²) in [7, 11) is 1.49. The van der Waals surface area contributed by atoms with Gasteiger partial charge >= 0.3 is 5.97 Å². The highest BCUT2D eigenvalue weighted by atomic mass is 16.6. The van der Waals surface area contributed by atoms with Crippen LogP contribution in [0, 0.1) is 11.8 Å². The first-order valence-corrected chi connectivity index (χ1v) is 17.4. The van der Waals surface area contributed by atoms with Crippen LogP contribution in [0.1, 0.15) is 80.5 Å². The summed E-state index contributed by atoms with van der Waals surface area (Å²) < 4.78 is 24.1. The maximum absolute atomic E-state index is 13.9. The predicted octanol–water partition coefficient (Wildman–Crippen LogP) is 4.83. The zero-order valence-corrected chi connectivity index (χ0v) is 28.5. The molecule has 50 heavy (non-hydrogen) atoms. The lowest BCUT2D eigenvalue weighted by atomic mass is 9.71. The van der Waals surface area contributed by atoms with Crippen molar-refractivity contribution in [3.8, 4) is 17.2 Å². The van der Waals surface area contributed by atoms with E-state index in [0.29, 0.717) is 40.1 Å². The minimum atomic E-state index is -1.18. The quantitative estimate of drug-likeness (QED) is 0.181. The number of nitrogens with one attached hydrogen (secondary N) is 1. The third-order valence-corrected chi connectivity index (χ3v) is 11.2. The number of aldehydes is 1. The largest absolute Gasteiger partial charge is 0.496 e. The van der Waals surface area contributed by atoms with Crippen LogP contribution in [-0.2, 0) is 32.1 Å². The van der Waals surface area contributed by atoms with Crippen molar-refractivity contribution in [2.24, 2.45) is 11.8 Å². The molecule has 2 aliphatic carbocycles. The normalized spacial score (nSPS) is 24.8. The summed E-state index contributed by atoms with van der Waals surface area (Å²) in [5.41, 5.74) is 2.59. The van der Waals surface area contributed by atoms with Crippen LogP contribution in [-0.4, -0.2) is 70.4 Å². The minimum Gasteiger partial charge on any atom is -0.496 e. The van der Waals surface area contributed by atoms with E-state index in [0.717, 1.165) is 42.1 Å². The van der Waals surface area contributed by atoms with E-state index < -0.39 is 42.7 Å². The molecule has 0 unspecified atom stereocenters. The van der Waals surface area contributed by atoms with E-state index in [1.165, 1.54) is 7.11 Å². The minimum absolute atomic E-state index is 0.0167. The van der Waals surface area contributed by atoms with Crippen LogP contribution < -0.4 is 14.2 Å². The van der Waals surface area contributed by atoms with Gasteiger partial charge in [0.15, 0.2) is 6.29 Å². The molecule has 1 aromatic heterocycles. The second-order valence-electron chi connectivity index (χ2n) is 13.9. The molecule has 0 radical (unpaired) electrons. The molecule has 4 N–H and O–H groups in total. The third kappa shape index (κ3) is 5.43. The predicted molar refractivity (Wildman–Crippen MR) is 183 cm³/mol. The van der Waals surface area contributed by atoms with Gasteiger partial charge in [0.1, 0.15) is 34.7 Å². The Bertz CT molecular complexity index is 1930. The van der Waals surface area contributed by atoms with Crippen LogP contribution in [0.25, 0.3) is 16.5 Å². The second kappa shape index (κ2) is 13.4. The fraction of sp³-hybridized carbons (Fsp3) is 0.462. The second-order valence-corrected chi connectivity index (χ2v) is 13.9. The highest BCUT2D eigenvalue weighted by Gasteiger charge is 2.49. The summed E-state index contributed by atoms with van der Waals surface area (Å²) >= 11 is 0. The summed E-state index contributed by atoms with van der Waals surface area (Å²) in [4.78, 5) is 43.6. The Balaban J connectivity index is 1.45. The number of hydrogen-bond donors (Lipinski definition) is 4. The van der Waals surface area contributed by atoms with Crippen molar-refractivity contribution in [1.29, 1.82) is 0 Å². The molecular formula is C39H43NO10. The first-order valence-electron chi connectivity index (χ1n) is 17.4. The van der Waals surface area contributed by atoms with Crippen molar-refractivity contribution in [3.05, 3.63) is 69.6 Å². The number of Topliss-reactive ketones (excluding diaryl/α,β-unsaturated/α-hetero) is 1. The summed E-state index contributed by atoms with van der Waals surface area (Å²) in [5.74, 6) is -2.05. The lowest BCUT2D eigenvalue weighted by Crippen LogP contribution is -2.47. The number of hydrogen-bond acceptors (Lipinski definition) is 10. The van der Waals surface area contributed by atoms with Crippen molar-refractivity contribution in [2.75, 3.05) is 20.3 Å². The van der Waals surface area contributed by atoms with Gasteiger partial charge in [0.2, 0.25) is 5.76 Å². The van der Waals surface area contributed by atoms with E-state index in [-0.39, 0.29) is 60.2 Å². The van der Waals surface area contributed by atoms with Crippen molar-refractivity contribution in [3.63, 3.8) is 0 Å². The van der Waals surface area contributed by atoms with Crippen LogP contribution in [0.15, 0.2) is 47.4 Å². The molecule has 11 heteroatoms. The van der Waals surface area contributed by atoms with Crippen molar-refractivity contribution in [2.45, 2.75) is 83.0 Å². The Labute approximate surface area is 289 Å². The van der Waals surface area contributed by atoms with E-state index in [4.69, 9.17) is 18.9 Å². The number of allylic oxidation sites excluding steroid dienone is 3. The van der Waals surface area contributed by atoms with Gasteiger partial charge in [-0.05, 0) is 74.6 Å². The highest BCUT2D eigenvalue weighted by Crippen LogP contribution is 2.57. The number of benzene rings is 2. The molecule has 7 rings (SSSR count). The molecule has 4 aliphatic rings. The Morgan fingerprint density at radius 2 is 1.90 bits per heavy atom. The number of carbonyl (C=O) groups excluding carboxylic acids is 3. The maximum atomic E-state index is 13.9. The third-order valence-electron chi connectivity index (χ3n) is 11.2. The molecule has 2 saturated carbocycles. The number of aliphatic hydroxyl groups is 3. The highest BCUT2D eigenvalue weighted by molar-refractivity contribution is 6.11. The standard InChI is InChI=1S/C39H43NO10/c1-4-48-38(45)37-27(18-42)31(22-14-23(17-41)33(44)25(15-22)20-9-10-29-21(13-20)11-12-40-29)32-35(47-3)26-16-30(39(2,46)24-7-5-6-8-24)49-34(26)28(19-43)36(32)50-37/h9-13,18,23-25,30,40-41,43,46H,4-8,14-17,19H2,1-3H3/b31-22-/t23-,25-,30+,39+/m1/s1. The number of methoxy groups -OCH3 is 1. The molecule has 11 nitrogen and oxygen atoms in total. The number of aliphatic hydroxyl groups excluding tert-OH is 2. The van der Waals surface area contributed by atoms with E-state index in [1.807, 2.05) is 30.5 Å². The van der Waals surface area contributed by atoms with Gasteiger partial charge in [-0.25, -0.2) is 4.79 Å². The van der Waals surface area contributed by atoms with Crippen LogP contribution >= 0.6 is 0 Å². The first kappa shape index (κ1) is 34.0. The lowest BCUT2D eigenvalue weighted by molar-refractivity contribution is -0.141. The number of esters is 1. The molecule has 0 bridgehead atoms. The fourth-order valence-corrected chi connectivity index (χ4v) is 8.57. The molecule has 4 atom stereocenters. The van der Waals surface area contributed by atoms with Gasteiger partial charge in [-0.3, -0.25) is 9.59 Å². The smallest absolute Gasteiger partial charge is 0.375 e. The number of fused-ring (bicyclic) bond motifs is 3. The average Bonchev–Trinajstić information content (AvgIpc) is 3.92. The van der Waals surface area contributed by atoms with Gasteiger partial charge in [0.25, 0.3) is 0 Å². The molecule has 2 aromatic carbocycles. The van der Waals surface area contributed by atoms with Crippen LogP contribution in [0.2, 0.25) is 0 Å². The lowest BCUT2D eigenvalue weighted by Gasteiger charge is -2.35. The Morgan fingerprint density at radius 3 is 2.58 bits per heavy atom. The SMILES string of the molecule is CCOC(=O)C1=C(C=O)/C(=C2\C[C@H](CO)C(=O)[C@@H](c3ccc4[nH]ccc4c3)C2)c2c(OC)c3c(c(CO)c2O1)O[C@H]([C@@](C)(O)C1CCCC1)C3. The average molecular weight is 686 g/mol. The zero-order chi connectivity index (χ0) is 35.3. The first-order chi connectivity index (χ1) is 24.2. The van der Waals surface area contributed by atoms with Crippen molar-refractivity contribution < 1.29 is 48.7 Å². The number of ether oxygens (including phenoxy) is 4. The molecule has 0 amide bonds. The monoisotopic (exact) mass is 685 g/mol. The fourth-order valence-electron chi connectivity index (χ4n) is 8.57. The molecule has 3 heterocycles. The van der Waals surface area contributed by atoms with Gasteiger partial charge in [-0.2, -0.15) is 0 Å². The van der Waals surface area contributed by atoms with E-state index in [9.17, 15) is 29.7 Å². The Morgan fingerprint density at radius 1 is 1.12 bits per heavy atom. The van der Waals surface area contributed by atoms with E-state index in [2.05, 4.69) is 4.98 Å². The van der Waals surface area contributed by atoms with Crippen LogP contribution in [0.5, 0.6) is 17.2 Å². The summed E-state index contributed by atoms with van der Waals surface area (Å²) in [5, 5.41) is 34.1. The van der Waals surface area contributed by atoms with Gasteiger partial charge < -0.3 is 39.3 Å².